The van der Waals surface area contributed by atoms with Crippen LogP contribution in [-0.4, -0.2) is 65.3 Å². The van der Waals surface area contributed by atoms with Crippen molar-refractivity contribution >= 4 is 29.5 Å². The number of carbonyl (C=O) groups excluding carboxylic acids is 5. The number of carbonyl (C=O) groups is 5. The maximum atomic E-state index is 13.9. The molecule has 3 aliphatic carbocycles. The van der Waals surface area contributed by atoms with Gasteiger partial charge in [-0.3, -0.25) is 14.4 Å². The molecule has 2 N–H and O–H groups in total. The van der Waals surface area contributed by atoms with Crippen molar-refractivity contribution in [3.05, 3.63) is 22.8 Å². The van der Waals surface area contributed by atoms with E-state index in [-0.39, 0.29) is 30.0 Å². The molecule has 0 aromatic rings. The molecule has 8 atom stereocenters. The van der Waals surface area contributed by atoms with Gasteiger partial charge >= 0.3 is 17.9 Å². The van der Waals surface area contributed by atoms with Crippen LogP contribution in [0.2, 0.25) is 0 Å². The van der Waals surface area contributed by atoms with Gasteiger partial charge in [-0.2, -0.15) is 0 Å². The molecule has 5 aliphatic rings. The van der Waals surface area contributed by atoms with E-state index in [0.29, 0.717) is 18.4 Å². The van der Waals surface area contributed by atoms with Crippen LogP contribution in [0.25, 0.3) is 0 Å². The van der Waals surface area contributed by atoms with Gasteiger partial charge in [0.25, 0.3) is 0 Å². The predicted octanol–water partition coefficient (Wildman–Crippen LogP) is 1.17. The number of esters is 3. The normalized spacial score (nSPS) is 41.3. The van der Waals surface area contributed by atoms with Crippen LogP contribution in [0.4, 0.5) is 0 Å². The number of hydrogen-bond acceptors (Lipinski definition) is 10. The van der Waals surface area contributed by atoms with Gasteiger partial charge in [0.15, 0.2) is 11.9 Å². The first-order chi connectivity index (χ1) is 17.2. The lowest BCUT2D eigenvalue weighted by molar-refractivity contribution is -0.185. The smallest absolute Gasteiger partial charge is 0.340 e. The highest BCUT2D eigenvalue weighted by Crippen LogP contribution is 2.66. The molecule has 0 aromatic heterocycles. The largest absolute Gasteiger partial charge is 0.467 e. The fourth-order valence-electron chi connectivity index (χ4n) is 8.13. The Balaban J connectivity index is 1.68. The first-order valence-electron chi connectivity index (χ1n) is 12.6. The topological polar surface area (TPSA) is 154 Å². The van der Waals surface area contributed by atoms with E-state index in [4.69, 9.17) is 14.2 Å². The Morgan fingerprint density at radius 1 is 1.11 bits per heavy atom. The SMILES string of the molecule is COC(=O)[C@H](O)[C@H]1C(C)(C)C(=O)[C@@H]2CC3=C4CC(=O)O[C@@H](C5=C[C@@H](O)OC5=O)[C@]4(C)CC[C@H]3[C@@]1(C)C2=O. The minimum absolute atomic E-state index is 0.0640. The molecule has 200 valence electrons. The van der Waals surface area contributed by atoms with Crippen molar-refractivity contribution in [2.24, 2.45) is 34.0 Å². The van der Waals surface area contributed by atoms with Crippen molar-refractivity contribution in [2.75, 3.05) is 7.11 Å². The van der Waals surface area contributed by atoms with Crippen molar-refractivity contribution < 1.29 is 48.4 Å². The van der Waals surface area contributed by atoms with E-state index < -0.39 is 70.4 Å². The number of cyclic esters (lactones) is 2. The number of methoxy groups -OCH3 is 1. The predicted molar refractivity (Wildman–Crippen MR) is 124 cm³/mol. The molecule has 5 rings (SSSR count). The Morgan fingerprint density at radius 2 is 1.78 bits per heavy atom. The minimum Gasteiger partial charge on any atom is -0.467 e. The zero-order chi connectivity index (χ0) is 27.2. The molecule has 0 radical (unpaired) electrons. The second-order valence-electron chi connectivity index (χ2n) is 11.9. The molecular weight excluding hydrogens is 484 g/mol. The van der Waals surface area contributed by atoms with Crippen LogP contribution < -0.4 is 0 Å². The molecule has 2 heterocycles. The summed E-state index contributed by atoms with van der Waals surface area (Å²) in [7, 11) is 1.14. The molecule has 37 heavy (non-hydrogen) atoms. The summed E-state index contributed by atoms with van der Waals surface area (Å²) in [5.41, 5.74) is -1.72. The second kappa shape index (κ2) is 8.07. The third kappa shape index (κ3) is 3.27. The number of hydrogen-bond donors (Lipinski definition) is 2. The fraction of sp³-hybridized carbons (Fsp3) is 0.667. The van der Waals surface area contributed by atoms with E-state index in [2.05, 4.69) is 0 Å². The Morgan fingerprint density at radius 3 is 2.38 bits per heavy atom. The number of fused-ring (bicyclic) bond motifs is 5. The van der Waals surface area contributed by atoms with Gasteiger partial charge in [-0.15, -0.1) is 0 Å². The maximum Gasteiger partial charge on any atom is 0.340 e. The monoisotopic (exact) mass is 516 g/mol. The molecule has 1 saturated heterocycles. The zero-order valence-corrected chi connectivity index (χ0v) is 21.5. The fourth-order valence-corrected chi connectivity index (χ4v) is 8.13. The highest BCUT2D eigenvalue weighted by Gasteiger charge is 2.70. The first kappa shape index (κ1) is 25.8. The van der Waals surface area contributed by atoms with Crippen molar-refractivity contribution in [1.82, 2.24) is 0 Å². The molecule has 0 amide bonds. The van der Waals surface area contributed by atoms with Gasteiger partial charge in [-0.05, 0) is 36.8 Å². The lowest BCUT2D eigenvalue weighted by Gasteiger charge is -2.61. The van der Waals surface area contributed by atoms with Crippen LogP contribution in [0.5, 0.6) is 0 Å². The second-order valence-corrected chi connectivity index (χ2v) is 11.9. The number of aliphatic hydroxyl groups is 2. The van der Waals surface area contributed by atoms with Crippen molar-refractivity contribution in [2.45, 2.75) is 71.9 Å². The molecule has 10 heteroatoms. The third-order valence-corrected chi connectivity index (χ3v) is 9.80. The van der Waals surface area contributed by atoms with Gasteiger partial charge in [-0.1, -0.05) is 33.3 Å². The standard InChI is InChI=1S/C27H32O10/c1-25(2)19(18(30)24(34)35-5)27(4)14-6-7-26(3)15(11(14)8-12(20(25)31)21(27)32)10-17(29)36-22(26)13-9-16(28)37-23(13)33/h9,12,14,16,18-19,22,28,30H,6-8,10H2,1-5H3/t12-,14+,16-,18+,19-,22-,26+,27+/m0/s1. The van der Waals surface area contributed by atoms with Crippen LogP contribution in [0, 0.1) is 34.0 Å². The Hall–Kier alpha value is -2.85. The van der Waals surface area contributed by atoms with Crippen LogP contribution >= 0.6 is 0 Å². The molecule has 3 fully saturated rings. The summed E-state index contributed by atoms with van der Waals surface area (Å²) in [5, 5.41) is 20.9. The van der Waals surface area contributed by atoms with Gasteiger partial charge in [-0.25, -0.2) is 9.59 Å². The molecule has 10 nitrogen and oxygen atoms in total. The molecule has 0 spiro atoms. The van der Waals surface area contributed by atoms with E-state index >= 15 is 0 Å². The maximum absolute atomic E-state index is 13.9. The summed E-state index contributed by atoms with van der Waals surface area (Å²) >= 11 is 0. The number of ketones is 2. The minimum atomic E-state index is -1.69. The average molecular weight is 517 g/mol. The van der Waals surface area contributed by atoms with Gasteiger partial charge in [0.05, 0.1) is 25.0 Å². The summed E-state index contributed by atoms with van der Waals surface area (Å²) in [4.78, 5) is 65.3. The zero-order valence-electron chi connectivity index (χ0n) is 21.5. The van der Waals surface area contributed by atoms with Crippen LogP contribution in [-0.2, 0) is 38.2 Å². The van der Waals surface area contributed by atoms with E-state index in [1.807, 2.05) is 6.92 Å². The van der Waals surface area contributed by atoms with Crippen LogP contribution in [0.15, 0.2) is 22.8 Å². The summed E-state index contributed by atoms with van der Waals surface area (Å²) < 4.78 is 15.3. The van der Waals surface area contributed by atoms with E-state index in [0.717, 1.165) is 12.7 Å². The summed E-state index contributed by atoms with van der Waals surface area (Å²) in [6.45, 7) is 6.91. The van der Waals surface area contributed by atoms with Crippen molar-refractivity contribution in [1.29, 1.82) is 0 Å². The summed E-state index contributed by atoms with van der Waals surface area (Å²) in [5.74, 6) is -5.35. The summed E-state index contributed by atoms with van der Waals surface area (Å²) in [6, 6.07) is 0. The molecule has 2 aliphatic heterocycles. The highest BCUT2D eigenvalue weighted by molar-refractivity contribution is 6.11. The van der Waals surface area contributed by atoms with E-state index in [9.17, 15) is 34.2 Å². The molecule has 2 bridgehead atoms. The summed E-state index contributed by atoms with van der Waals surface area (Å²) in [6.07, 6.45) is -1.93. The molecule has 2 saturated carbocycles. The average Bonchev–Trinajstić information content (AvgIpc) is 3.16. The number of Topliss-reactive ketones (excluding diaryl/α,β-unsaturated/α-hetero) is 2. The van der Waals surface area contributed by atoms with Gasteiger partial charge in [0.2, 0.25) is 6.29 Å². The lowest BCUT2D eigenvalue weighted by Crippen LogP contribution is -2.67. The molecule has 0 aromatic carbocycles. The first-order valence-corrected chi connectivity index (χ1v) is 12.6. The van der Waals surface area contributed by atoms with Gasteiger partial charge < -0.3 is 24.4 Å². The highest BCUT2D eigenvalue weighted by atomic mass is 16.6. The lowest BCUT2D eigenvalue weighted by atomic mass is 9.40. The Kier molecular flexibility index (Phi) is 5.63. The molecule has 0 unspecified atom stereocenters. The third-order valence-electron chi connectivity index (χ3n) is 9.80. The number of ether oxygens (including phenoxy) is 3. The van der Waals surface area contributed by atoms with Crippen LogP contribution in [0.1, 0.15) is 53.4 Å². The van der Waals surface area contributed by atoms with E-state index in [1.165, 1.54) is 6.08 Å². The van der Waals surface area contributed by atoms with Crippen molar-refractivity contribution in [3.63, 3.8) is 0 Å². The van der Waals surface area contributed by atoms with E-state index in [1.54, 1.807) is 20.8 Å². The van der Waals surface area contributed by atoms with Crippen molar-refractivity contribution in [3.8, 4) is 0 Å². The van der Waals surface area contributed by atoms with Gasteiger partial charge in [0.1, 0.15) is 11.9 Å². The molecular formula is C27H32O10. The number of rotatable bonds is 3. The van der Waals surface area contributed by atoms with Crippen LogP contribution in [0.3, 0.4) is 0 Å². The quantitative estimate of drug-likeness (QED) is 0.242. The number of allylic oxidation sites excluding steroid dienone is 1. The number of aliphatic hydroxyl groups excluding tert-OH is 2. The Bertz CT molecular complexity index is 1190. The van der Waals surface area contributed by atoms with Gasteiger partial charge in [0, 0.05) is 22.2 Å². The Labute approximate surface area is 214 Å².